The van der Waals surface area contributed by atoms with E-state index in [2.05, 4.69) is 17.6 Å². The molecule has 2 aromatic carbocycles. The van der Waals surface area contributed by atoms with Crippen LogP contribution in [0.1, 0.15) is 49.9 Å². The van der Waals surface area contributed by atoms with Gasteiger partial charge in [0.15, 0.2) is 11.5 Å². The first kappa shape index (κ1) is 17.1. The number of fused-ring (bicyclic) bond motifs is 1. The SMILES string of the molecule is CCC[C@@H](NC(=O)N[C@@H](C)c1ccc2c(c1)OCO2)c1ccccc1. The summed E-state index contributed by atoms with van der Waals surface area (Å²) in [6, 6.07) is 15.5. The van der Waals surface area contributed by atoms with Crippen molar-refractivity contribution in [3.05, 3.63) is 59.7 Å². The first-order valence-electron chi connectivity index (χ1n) is 8.69. The van der Waals surface area contributed by atoms with E-state index in [9.17, 15) is 4.79 Å². The molecule has 3 rings (SSSR count). The first-order valence-corrected chi connectivity index (χ1v) is 8.69. The third kappa shape index (κ3) is 4.24. The maximum Gasteiger partial charge on any atom is 0.315 e. The molecule has 0 unspecified atom stereocenters. The van der Waals surface area contributed by atoms with Crippen molar-refractivity contribution < 1.29 is 14.3 Å². The molecule has 2 aromatic rings. The fraction of sp³-hybridized carbons (Fsp3) is 0.350. The Morgan fingerprint density at radius 2 is 1.80 bits per heavy atom. The van der Waals surface area contributed by atoms with E-state index in [4.69, 9.17) is 9.47 Å². The Labute approximate surface area is 148 Å². The molecule has 25 heavy (non-hydrogen) atoms. The van der Waals surface area contributed by atoms with Crippen molar-refractivity contribution in [2.24, 2.45) is 0 Å². The van der Waals surface area contributed by atoms with Crippen LogP contribution < -0.4 is 20.1 Å². The maximum atomic E-state index is 12.4. The standard InChI is InChI=1S/C20H24N2O3/c1-3-7-17(15-8-5-4-6-9-15)22-20(23)21-14(2)16-10-11-18-19(12-16)25-13-24-18/h4-6,8-12,14,17H,3,7,13H2,1-2H3,(H2,21,22,23)/t14-,17+/m0/s1. The molecule has 132 valence electrons. The maximum absolute atomic E-state index is 12.4. The van der Waals surface area contributed by atoms with E-state index in [0.29, 0.717) is 0 Å². The highest BCUT2D eigenvalue weighted by Gasteiger charge is 2.18. The van der Waals surface area contributed by atoms with Gasteiger partial charge in [0.2, 0.25) is 6.79 Å². The van der Waals surface area contributed by atoms with Crippen molar-refractivity contribution in [3.8, 4) is 11.5 Å². The second-order valence-electron chi connectivity index (χ2n) is 6.20. The second-order valence-corrected chi connectivity index (χ2v) is 6.20. The topological polar surface area (TPSA) is 59.6 Å². The summed E-state index contributed by atoms with van der Waals surface area (Å²) in [4.78, 5) is 12.4. The fourth-order valence-electron chi connectivity index (χ4n) is 2.96. The smallest absolute Gasteiger partial charge is 0.315 e. The second kappa shape index (κ2) is 7.92. The van der Waals surface area contributed by atoms with E-state index >= 15 is 0 Å². The molecule has 1 heterocycles. The highest BCUT2D eigenvalue weighted by atomic mass is 16.7. The van der Waals surface area contributed by atoms with Gasteiger partial charge in [0.25, 0.3) is 0 Å². The lowest BCUT2D eigenvalue weighted by atomic mass is 10.0. The van der Waals surface area contributed by atoms with Gasteiger partial charge in [0, 0.05) is 0 Å². The van der Waals surface area contributed by atoms with Crippen LogP contribution in [0.2, 0.25) is 0 Å². The molecule has 2 N–H and O–H groups in total. The predicted octanol–water partition coefficient (Wildman–Crippen LogP) is 4.32. The van der Waals surface area contributed by atoms with Gasteiger partial charge in [0.05, 0.1) is 12.1 Å². The number of carbonyl (C=O) groups excluding carboxylic acids is 1. The number of hydrogen-bond acceptors (Lipinski definition) is 3. The van der Waals surface area contributed by atoms with Crippen LogP contribution in [0.25, 0.3) is 0 Å². The molecular formula is C20H24N2O3. The number of rotatable bonds is 6. The average Bonchev–Trinajstić information content (AvgIpc) is 3.09. The minimum atomic E-state index is -0.174. The number of ether oxygens (including phenoxy) is 2. The van der Waals surface area contributed by atoms with Crippen molar-refractivity contribution in [2.75, 3.05) is 6.79 Å². The molecule has 2 atom stereocenters. The summed E-state index contributed by atoms with van der Waals surface area (Å²) < 4.78 is 10.7. The molecule has 5 nitrogen and oxygen atoms in total. The van der Waals surface area contributed by atoms with Crippen molar-refractivity contribution in [1.82, 2.24) is 10.6 Å². The molecule has 0 fully saturated rings. The Kier molecular flexibility index (Phi) is 5.43. The average molecular weight is 340 g/mol. The lowest BCUT2D eigenvalue weighted by Crippen LogP contribution is -2.39. The molecule has 0 aromatic heterocycles. The van der Waals surface area contributed by atoms with Gasteiger partial charge in [-0.15, -0.1) is 0 Å². The quantitative estimate of drug-likeness (QED) is 0.823. The van der Waals surface area contributed by atoms with Gasteiger partial charge >= 0.3 is 6.03 Å². The number of urea groups is 1. The van der Waals surface area contributed by atoms with Crippen molar-refractivity contribution in [3.63, 3.8) is 0 Å². The lowest BCUT2D eigenvalue weighted by Gasteiger charge is -2.21. The van der Waals surface area contributed by atoms with E-state index in [1.54, 1.807) is 0 Å². The van der Waals surface area contributed by atoms with Gasteiger partial charge in [-0.1, -0.05) is 49.7 Å². The van der Waals surface area contributed by atoms with Gasteiger partial charge < -0.3 is 20.1 Å². The number of hydrogen-bond donors (Lipinski definition) is 2. The van der Waals surface area contributed by atoms with Crippen LogP contribution in [0.3, 0.4) is 0 Å². The summed E-state index contributed by atoms with van der Waals surface area (Å²) in [5.41, 5.74) is 2.10. The summed E-state index contributed by atoms with van der Waals surface area (Å²) in [7, 11) is 0. The molecule has 0 bridgehead atoms. The monoisotopic (exact) mass is 340 g/mol. The minimum Gasteiger partial charge on any atom is -0.454 e. The van der Waals surface area contributed by atoms with Crippen LogP contribution in [0.15, 0.2) is 48.5 Å². The Bertz CT molecular complexity index is 718. The zero-order valence-corrected chi connectivity index (χ0v) is 14.6. The Morgan fingerprint density at radius 3 is 2.56 bits per heavy atom. The molecule has 0 radical (unpaired) electrons. The van der Waals surface area contributed by atoms with Gasteiger partial charge in [-0.05, 0) is 36.6 Å². The largest absolute Gasteiger partial charge is 0.454 e. The molecule has 0 saturated heterocycles. The molecular weight excluding hydrogens is 316 g/mol. The number of nitrogens with one attached hydrogen (secondary N) is 2. The third-order valence-electron chi connectivity index (χ3n) is 4.33. The van der Waals surface area contributed by atoms with Crippen LogP contribution in [-0.2, 0) is 0 Å². The van der Waals surface area contributed by atoms with E-state index in [1.165, 1.54) is 0 Å². The van der Waals surface area contributed by atoms with Crippen LogP contribution in [0.4, 0.5) is 4.79 Å². The lowest BCUT2D eigenvalue weighted by molar-refractivity contribution is 0.174. The molecule has 5 heteroatoms. The van der Waals surface area contributed by atoms with E-state index in [1.807, 2.05) is 55.5 Å². The summed E-state index contributed by atoms with van der Waals surface area (Å²) in [6.45, 7) is 4.32. The fourth-order valence-corrected chi connectivity index (χ4v) is 2.96. The van der Waals surface area contributed by atoms with Crippen LogP contribution >= 0.6 is 0 Å². The summed E-state index contributed by atoms with van der Waals surface area (Å²) in [5.74, 6) is 1.46. The van der Waals surface area contributed by atoms with Crippen LogP contribution in [-0.4, -0.2) is 12.8 Å². The summed E-state index contributed by atoms with van der Waals surface area (Å²) in [5, 5.41) is 6.08. The van der Waals surface area contributed by atoms with Gasteiger partial charge in [0.1, 0.15) is 0 Å². The molecule has 1 aliphatic rings. The number of carbonyl (C=O) groups is 1. The van der Waals surface area contributed by atoms with Crippen molar-refractivity contribution in [1.29, 1.82) is 0 Å². The van der Waals surface area contributed by atoms with Gasteiger partial charge in [-0.25, -0.2) is 4.79 Å². The summed E-state index contributed by atoms with van der Waals surface area (Å²) in [6.07, 6.45) is 1.90. The normalized spacial score (nSPS) is 14.6. The highest BCUT2D eigenvalue weighted by molar-refractivity contribution is 5.75. The Balaban J connectivity index is 1.62. The summed E-state index contributed by atoms with van der Waals surface area (Å²) >= 11 is 0. The predicted molar refractivity (Wildman–Crippen MR) is 96.7 cm³/mol. The van der Waals surface area contributed by atoms with Crippen molar-refractivity contribution in [2.45, 2.75) is 38.8 Å². The number of benzene rings is 2. The molecule has 0 spiro atoms. The minimum absolute atomic E-state index is 0.00940. The highest BCUT2D eigenvalue weighted by Crippen LogP contribution is 2.34. The molecule has 2 amide bonds. The number of amides is 2. The molecule has 0 aliphatic carbocycles. The third-order valence-corrected chi connectivity index (χ3v) is 4.33. The van der Waals surface area contributed by atoms with E-state index in [0.717, 1.165) is 35.5 Å². The zero-order valence-electron chi connectivity index (χ0n) is 14.6. The van der Waals surface area contributed by atoms with Crippen LogP contribution in [0, 0.1) is 0 Å². The van der Waals surface area contributed by atoms with E-state index < -0.39 is 0 Å². The Hall–Kier alpha value is -2.69. The van der Waals surface area contributed by atoms with Gasteiger partial charge in [-0.3, -0.25) is 0 Å². The molecule has 1 aliphatic heterocycles. The van der Waals surface area contributed by atoms with Crippen molar-refractivity contribution >= 4 is 6.03 Å². The molecule has 0 saturated carbocycles. The van der Waals surface area contributed by atoms with Crippen LogP contribution in [0.5, 0.6) is 11.5 Å². The van der Waals surface area contributed by atoms with Gasteiger partial charge in [-0.2, -0.15) is 0 Å². The zero-order chi connectivity index (χ0) is 17.6. The first-order chi connectivity index (χ1) is 12.2. The van der Waals surface area contributed by atoms with E-state index in [-0.39, 0.29) is 24.9 Å². The Morgan fingerprint density at radius 1 is 1.04 bits per heavy atom.